The SMILES string of the molecule is CCCN(CCc1cccc(F)c1)C(=O)CCC1CCNCC1. The summed E-state index contributed by atoms with van der Waals surface area (Å²) in [6.07, 6.45) is 5.70. The van der Waals surface area contributed by atoms with Crippen molar-refractivity contribution in [1.82, 2.24) is 10.2 Å². The maximum absolute atomic E-state index is 13.2. The maximum Gasteiger partial charge on any atom is 0.222 e. The number of nitrogens with zero attached hydrogens (tertiary/aromatic N) is 1. The average molecular weight is 320 g/mol. The van der Waals surface area contributed by atoms with Gasteiger partial charge in [-0.25, -0.2) is 4.39 Å². The largest absolute Gasteiger partial charge is 0.342 e. The molecule has 1 aliphatic rings. The fraction of sp³-hybridized carbons (Fsp3) is 0.632. The number of carbonyl (C=O) groups is 1. The van der Waals surface area contributed by atoms with Gasteiger partial charge in [-0.3, -0.25) is 4.79 Å². The Bertz CT molecular complexity index is 486. The highest BCUT2D eigenvalue weighted by Gasteiger charge is 2.17. The van der Waals surface area contributed by atoms with Gasteiger partial charge in [0.1, 0.15) is 5.82 Å². The topological polar surface area (TPSA) is 32.3 Å². The molecule has 0 bridgehead atoms. The minimum Gasteiger partial charge on any atom is -0.342 e. The number of piperidine rings is 1. The molecule has 2 rings (SSSR count). The Hall–Kier alpha value is -1.42. The lowest BCUT2D eigenvalue weighted by atomic mass is 9.93. The molecule has 0 unspecified atom stereocenters. The maximum atomic E-state index is 13.2. The Morgan fingerprint density at radius 1 is 1.30 bits per heavy atom. The van der Waals surface area contributed by atoms with E-state index in [0.717, 1.165) is 44.5 Å². The summed E-state index contributed by atoms with van der Waals surface area (Å²) in [6, 6.07) is 6.67. The summed E-state index contributed by atoms with van der Waals surface area (Å²) < 4.78 is 13.2. The molecule has 0 atom stereocenters. The first-order chi connectivity index (χ1) is 11.2. The van der Waals surface area contributed by atoms with Crippen LogP contribution in [0.3, 0.4) is 0 Å². The lowest BCUT2D eigenvalue weighted by Gasteiger charge is -2.25. The van der Waals surface area contributed by atoms with E-state index in [1.807, 2.05) is 11.0 Å². The van der Waals surface area contributed by atoms with Crippen LogP contribution in [0, 0.1) is 11.7 Å². The molecular formula is C19H29FN2O. The van der Waals surface area contributed by atoms with Crippen LogP contribution in [0.1, 0.15) is 44.6 Å². The highest BCUT2D eigenvalue weighted by Crippen LogP contribution is 2.18. The zero-order chi connectivity index (χ0) is 16.5. The third-order valence-corrected chi connectivity index (χ3v) is 4.63. The quantitative estimate of drug-likeness (QED) is 0.796. The standard InChI is InChI=1S/C19H29FN2O/c1-2-13-22(14-10-17-4-3-5-18(20)15-17)19(23)7-6-16-8-11-21-12-9-16/h3-5,15-16,21H,2,6-14H2,1H3. The van der Waals surface area contributed by atoms with Gasteiger partial charge in [0.05, 0.1) is 0 Å². The van der Waals surface area contributed by atoms with E-state index >= 15 is 0 Å². The first-order valence-electron chi connectivity index (χ1n) is 8.92. The minimum atomic E-state index is -0.207. The molecule has 0 aliphatic carbocycles. The number of amides is 1. The van der Waals surface area contributed by atoms with Crippen LogP contribution in [0.5, 0.6) is 0 Å². The molecule has 1 aromatic carbocycles. The van der Waals surface area contributed by atoms with E-state index in [1.54, 1.807) is 12.1 Å². The van der Waals surface area contributed by atoms with Gasteiger partial charge in [0.2, 0.25) is 5.91 Å². The van der Waals surface area contributed by atoms with Crippen molar-refractivity contribution < 1.29 is 9.18 Å². The van der Waals surface area contributed by atoms with E-state index in [4.69, 9.17) is 0 Å². The predicted molar refractivity (Wildman–Crippen MR) is 91.8 cm³/mol. The van der Waals surface area contributed by atoms with Crippen LogP contribution in [0.15, 0.2) is 24.3 Å². The first kappa shape index (κ1) is 17.9. The zero-order valence-electron chi connectivity index (χ0n) is 14.2. The summed E-state index contributed by atoms with van der Waals surface area (Å²) in [6.45, 7) is 5.73. The third-order valence-electron chi connectivity index (χ3n) is 4.63. The van der Waals surface area contributed by atoms with E-state index in [0.29, 0.717) is 18.9 Å². The number of carbonyl (C=O) groups excluding carboxylic acids is 1. The summed E-state index contributed by atoms with van der Waals surface area (Å²) in [5, 5.41) is 3.36. The molecule has 0 aromatic heterocycles. The van der Waals surface area contributed by atoms with Crippen LogP contribution < -0.4 is 5.32 Å². The highest BCUT2D eigenvalue weighted by atomic mass is 19.1. The van der Waals surface area contributed by atoms with E-state index in [2.05, 4.69) is 12.2 Å². The predicted octanol–water partition coefficient (Wildman–Crippen LogP) is 3.39. The second-order valence-corrected chi connectivity index (χ2v) is 6.49. The first-order valence-corrected chi connectivity index (χ1v) is 8.92. The molecule has 1 fully saturated rings. The minimum absolute atomic E-state index is 0.207. The van der Waals surface area contributed by atoms with Crippen molar-refractivity contribution in [3.05, 3.63) is 35.6 Å². The summed E-state index contributed by atoms with van der Waals surface area (Å²) in [7, 11) is 0. The van der Waals surface area contributed by atoms with Crippen molar-refractivity contribution in [2.75, 3.05) is 26.2 Å². The summed E-state index contributed by atoms with van der Waals surface area (Å²) in [4.78, 5) is 14.5. The van der Waals surface area contributed by atoms with Gasteiger partial charge in [-0.15, -0.1) is 0 Å². The molecule has 1 N–H and O–H groups in total. The number of hydrogen-bond acceptors (Lipinski definition) is 2. The molecule has 0 radical (unpaired) electrons. The molecule has 23 heavy (non-hydrogen) atoms. The fourth-order valence-corrected chi connectivity index (χ4v) is 3.24. The third kappa shape index (κ3) is 6.30. The monoisotopic (exact) mass is 320 g/mol. The Balaban J connectivity index is 1.80. The van der Waals surface area contributed by atoms with Crippen molar-refractivity contribution in [3.63, 3.8) is 0 Å². The van der Waals surface area contributed by atoms with Crippen molar-refractivity contribution in [2.24, 2.45) is 5.92 Å². The van der Waals surface area contributed by atoms with Crippen molar-refractivity contribution in [2.45, 2.75) is 45.4 Å². The number of rotatable bonds is 8. The van der Waals surface area contributed by atoms with E-state index in [-0.39, 0.29) is 11.7 Å². The molecule has 128 valence electrons. The Kier molecular flexibility index (Phi) is 7.53. The van der Waals surface area contributed by atoms with Crippen LogP contribution in [-0.2, 0) is 11.2 Å². The lowest BCUT2D eigenvalue weighted by molar-refractivity contribution is -0.131. The second kappa shape index (κ2) is 9.66. The van der Waals surface area contributed by atoms with Crippen LogP contribution in [0.2, 0.25) is 0 Å². The Morgan fingerprint density at radius 3 is 2.78 bits per heavy atom. The molecule has 4 heteroatoms. The van der Waals surface area contributed by atoms with Crippen molar-refractivity contribution in [1.29, 1.82) is 0 Å². The van der Waals surface area contributed by atoms with E-state index < -0.39 is 0 Å². The zero-order valence-corrected chi connectivity index (χ0v) is 14.2. The lowest BCUT2D eigenvalue weighted by Crippen LogP contribution is -2.34. The number of benzene rings is 1. The van der Waals surface area contributed by atoms with Gasteiger partial charge in [-0.1, -0.05) is 19.1 Å². The van der Waals surface area contributed by atoms with Crippen molar-refractivity contribution in [3.8, 4) is 0 Å². The van der Waals surface area contributed by atoms with Gasteiger partial charge in [0.15, 0.2) is 0 Å². The average Bonchev–Trinajstić information content (AvgIpc) is 2.57. The molecule has 1 amide bonds. The highest BCUT2D eigenvalue weighted by molar-refractivity contribution is 5.76. The van der Waals surface area contributed by atoms with Gasteiger partial charge in [0, 0.05) is 19.5 Å². The van der Waals surface area contributed by atoms with Crippen LogP contribution >= 0.6 is 0 Å². The molecule has 1 saturated heterocycles. The molecule has 1 heterocycles. The molecule has 3 nitrogen and oxygen atoms in total. The Labute approximate surface area is 139 Å². The molecular weight excluding hydrogens is 291 g/mol. The normalized spacial score (nSPS) is 15.6. The van der Waals surface area contributed by atoms with Gasteiger partial charge >= 0.3 is 0 Å². The van der Waals surface area contributed by atoms with E-state index in [1.165, 1.54) is 18.9 Å². The van der Waals surface area contributed by atoms with Crippen LogP contribution in [-0.4, -0.2) is 37.0 Å². The second-order valence-electron chi connectivity index (χ2n) is 6.49. The van der Waals surface area contributed by atoms with E-state index in [9.17, 15) is 9.18 Å². The van der Waals surface area contributed by atoms with Gasteiger partial charge in [-0.05, 0) is 68.8 Å². The summed E-state index contributed by atoms with van der Waals surface area (Å²) >= 11 is 0. The molecule has 1 aliphatic heterocycles. The molecule has 0 saturated carbocycles. The van der Waals surface area contributed by atoms with Crippen molar-refractivity contribution >= 4 is 5.91 Å². The summed E-state index contributed by atoms with van der Waals surface area (Å²) in [5.41, 5.74) is 0.956. The summed E-state index contributed by atoms with van der Waals surface area (Å²) in [5.74, 6) is 0.732. The number of nitrogens with one attached hydrogen (secondary N) is 1. The fourth-order valence-electron chi connectivity index (χ4n) is 3.24. The van der Waals surface area contributed by atoms with Gasteiger partial charge in [0.25, 0.3) is 0 Å². The van der Waals surface area contributed by atoms with Crippen LogP contribution in [0.25, 0.3) is 0 Å². The molecule has 0 spiro atoms. The number of halogens is 1. The smallest absolute Gasteiger partial charge is 0.222 e. The number of hydrogen-bond donors (Lipinski definition) is 1. The Morgan fingerprint density at radius 2 is 2.09 bits per heavy atom. The van der Waals surface area contributed by atoms with Gasteiger partial charge in [-0.2, -0.15) is 0 Å². The van der Waals surface area contributed by atoms with Gasteiger partial charge < -0.3 is 10.2 Å². The van der Waals surface area contributed by atoms with Crippen LogP contribution in [0.4, 0.5) is 4.39 Å². The molecule has 1 aromatic rings.